The van der Waals surface area contributed by atoms with Gasteiger partial charge < -0.3 is 10.6 Å². The molecule has 0 bridgehead atoms. The SMILES string of the molecule is CCc1c(C)sc(NC(=O)c2c(Cl)cnn2C)c1C(=O)NC1CCCCC1. The first kappa shape index (κ1) is 19.9. The minimum atomic E-state index is -0.365. The van der Waals surface area contributed by atoms with Crippen LogP contribution < -0.4 is 10.6 Å². The number of halogens is 1. The molecule has 8 heteroatoms. The molecule has 2 heterocycles. The molecule has 146 valence electrons. The predicted molar refractivity (Wildman–Crippen MR) is 109 cm³/mol. The molecule has 0 aromatic carbocycles. The first-order valence-corrected chi connectivity index (χ1v) is 10.5. The van der Waals surface area contributed by atoms with Gasteiger partial charge in [0.1, 0.15) is 10.7 Å². The van der Waals surface area contributed by atoms with Gasteiger partial charge in [0, 0.05) is 18.0 Å². The number of rotatable bonds is 5. The molecule has 0 atom stereocenters. The molecule has 2 aromatic heterocycles. The minimum Gasteiger partial charge on any atom is -0.349 e. The first-order chi connectivity index (χ1) is 12.9. The maximum Gasteiger partial charge on any atom is 0.276 e. The summed E-state index contributed by atoms with van der Waals surface area (Å²) in [5.41, 5.74) is 1.84. The van der Waals surface area contributed by atoms with Crippen LogP contribution in [0.1, 0.15) is 70.3 Å². The van der Waals surface area contributed by atoms with Gasteiger partial charge in [-0.05, 0) is 31.7 Å². The van der Waals surface area contributed by atoms with Crippen LogP contribution in [0.3, 0.4) is 0 Å². The van der Waals surface area contributed by atoms with E-state index in [1.54, 1.807) is 7.05 Å². The molecular weight excluding hydrogens is 384 g/mol. The molecule has 1 aliphatic carbocycles. The maximum atomic E-state index is 13.0. The fourth-order valence-electron chi connectivity index (χ4n) is 3.67. The van der Waals surface area contributed by atoms with E-state index in [9.17, 15) is 9.59 Å². The summed E-state index contributed by atoms with van der Waals surface area (Å²) in [6.45, 7) is 4.00. The van der Waals surface area contributed by atoms with Crippen molar-refractivity contribution in [1.29, 1.82) is 0 Å². The third kappa shape index (κ3) is 4.19. The van der Waals surface area contributed by atoms with Crippen LogP contribution in [0.25, 0.3) is 0 Å². The van der Waals surface area contributed by atoms with Gasteiger partial charge in [-0.25, -0.2) is 0 Å². The molecule has 1 saturated carbocycles. The van der Waals surface area contributed by atoms with E-state index in [0.29, 0.717) is 10.6 Å². The number of nitrogens with one attached hydrogen (secondary N) is 2. The lowest BCUT2D eigenvalue weighted by molar-refractivity contribution is 0.0928. The highest BCUT2D eigenvalue weighted by atomic mass is 35.5. The second-order valence-electron chi connectivity index (χ2n) is 6.92. The average Bonchev–Trinajstić information content (AvgIpc) is 3.14. The minimum absolute atomic E-state index is 0.102. The average molecular weight is 409 g/mol. The summed E-state index contributed by atoms with van der Waals surface area (Å²) in [5, 5.41) is 10.9. The summed E-state index contributed by atoms with van der Waals surface area (Å²) in [6, 6.07) is 0.214. The summed E-state index contributed by atoms with van der Waals surface area (Å²) in [7, 11) is 1.66. The molecule has 2 N–H and O–H groups in total. The first-order valence-electron chi connectivity index (χ1n) is 9.34. The zero-order valence-corrected chi connectivity index (χ0v) is 17.5. The second-order valence-corrected chi connectivity index (χ2v) is 8.55. The normalized spacial score (nSPS) is 15.0. The highest BCUT2D eigenvalue weighted by molar-refractivity contribution is 7.16. The van der Waals surface area contributed by atoms with E-state index in [1.807, 2.05) is 13.8 Å². The van der Waals surface area contributed by atoms with Crippen LogP contribution >= 0.6 is 22.9 Å². The van der Waals surface area contributed by atoms with Crippen molar-refractivity contribution in [2.75, 3.05) is 5.32 Å². The van der Waals surface area contributed by atoms with Gasteiger partial charge in [0.15, 0.2) is 0 Å². The van der Waals surface area contributed by atoms with Crippen molar-refractivity contribution in [3.63, 3.8) is 0 Å². The van der Waals surface area contributed by atoms with Crippen molar-refractivity contribution < 1.29 is 9.59 Å². The van der Waals surface area contributed by atoms with Gasteiger partial charge in [-0.15, -0.1) is 11.3 Å². The Morgan fingerprint density at radius 1 is 1.30 bits per heavy atom. The Labute approximate surface area is 168 Å². The molecule has 1 aliphatic rings. The molecular formula is C19H25ClN4O2S. The second kappa shape index (κ2) is 8.44. The summed E-state index contributed by atoms with van der Waals surface area (Å²) >= 11 is 7.51. The number of carbonyl (C=O) groups is 2. The Hall–Kier alpha value is -1.86. The van der Waals surface area contributed by atoms with Crippen LogP contribution in [0.15, 0.2) is 6.20 Å². The molecule has 6 nitrogen and oxygen atoms in total. The van der Waals surface area contributed by atoms with E-state index < -0.39 is 0 Å². The van der Waals surface area contributed by atoms with Crippen LogP contribution in [-0.2, 0) is 13.5 Å². The summed E-state index contributed by atoms with van der Waals surface area (Å²) in [4.78, 5) is 26.8. The topological polar surface area (TPSA) is 76.0 Å². The number of anilines is 1. The number of thiophene rings is 1. The molecule has 3 rings (SSSR count). The Morgan fingerprint density at radius 2 is 2.00 bits per heavy atom. The molecule has 0 saturated heterocycles. The lowest BCUT2D eigenvalue weighted by atomic mass is 9.95. The zero-order valence-electron chi connectivity index (χ0n) is 15.9. The molecule has 0 radical (unpaired) electrons. The number of aromatic nitrogens is 2. The largest absolute Gasteiger partial charge is 0.349 e. The monoisotopic (exact) mass is 408 g/mol. The molecule has 27 heavy (non-hydrogen) atoms. The van der Waals surface area contributed by atoms with Crippen LogP contribution in [-0.4, -0.2) is 27.6 Å². The Bertz CT molecular complexity index is 833. The van der Waals surface area contributed by atoms with Crippen molar-refractivity contribution in [3.05, 3.63) is 32.9 Å². The summed E-state index contributed by atoms with van der Waals surface area (Å²) in [5.74, 6) is -0.467. The van der Waals surface area contributed by atoms with E-state index in [0.717, 1.165) is 42.5 Å². The van der Waals surface area contributed by atoms with E-state index >= 15 is 0 Å². The molecule has 1 fully saturated rings. The van der Waals surface area contributed by atoms with Crippen molar-refractivity contribution in [2.24, 2.45) is 7.05 Å². The van der Waals surface area contributed by atoms with Crippen LogP contribution in [0.5, 0.6) is 0 Å². The zero-order chi connectivity index (χ0) is 19.6. The highest BCUT2D eigenvalue weighted by Crippen LogP contribution is 2.34. The smallest absolute Gasteiger partial charge is 0.276 e. The lowest BCUT2D eigenvalue weighted by Gasteiger charge is -2.23. The van der Waals surface area contributed by atoms with E-state index in [2.05, 4.69) is 15.7 Å². The molecule has 2 aromatic rings. The fourth-order valence-corrected chi connectivity index (χ4v) is 5.05. The van der Waals surface area contributed by atoms with E-state index in [4.69, 9.17) is 11.6 Å². The van der Waals surface area contributed by atoms with E-state index in [1.165, 1.54) is 28.6 Å². The van der Waals surface area contributed by atoms with Gasteiger partial charge in [-0.1, -0.05) is 37.8 Å². The number of nitrogens with zero attached hydrogens (tertiary/aromatic N) is 2. The number of amides is 2. The van der Waals surface area contributed by atoms with Gasteiger partial charge in [-0.3, -0.25) is 14.3 Å². The quantitative estimate of drug-likeness (QED) is 0.773. The van der Waals surface area contributed by atoms with Gasteiger partial charge in [0.05, 0.1) is 16.8 Å². The van der Waals surface area contributed by atoms with Crippen molar-refractivity contribution in [3.8, 4) is 0 Å². The third-order valence-corrected chi connectivity index (χ3v) is 6.41. The van der Waals surface area contributed by atoms with Crippen molar-refractivity contribution in [2.45, 2.75) is 58.4 Å². The van der Waals surface area contributed by atoms with Gasteiger partial charge >= 0.3 is 0 Å². The third-order valence-electron chi connectivity index (χ3n) is 5.07. The number of carbonyl (C=O) groups excluding carboxylic acids is 2. The maximum absolute atomic E-state index is 13.0. The molecule has 0 aliphatic heterocycles. The molecule has 2 amide bonds. The van der Waals surface area contributed by atoms with Crippen LogP contribution in [0.4, 0.5) is 5.00 Å². The standard InChI is InChI=1S/C19H25ClN4O2S/c1-4-13-11(2)27-19(23-18(26)16-14(20)10-21-24(16)3)15(13)17(25)22-12-8-6-5-7-9-12/h10,12H,4-9H2,1-3H3,(H,22,25)(H,23,26). The Morgan fingerprint density at radius 3 is 2.59 bits per heavy atom. The lowest BCUT2D eigenvalue weighted by Crippen LogP contribution is -2.36. The van der Waals surface area contributed by atoms with Crippen LogP contribution in [0, 0.1) is 6.92 Å². The van der Waals surface area contributed by atoms with Crippen molar-refractivity contribution >= 4 is 39.8 Å². The predicted octanol–water partition coefficient (Wildman–Crippen LogP) is 4.32. The number of hydrogen-bond donors (Lipinski definition) is 2. The Kier molecular flexibility index (Phi) is 6.22. The molecule has 0 unspecified atom stereocenters. The van der Waals surface area contributed by atoms with Crippen molar-refractivity contribution in [1.82, 2.24) is 15.1 Å². The summed E-state index contributed by atoms with van der Waals surface area (Å²) in [6.07, 6.45) is 7.73. The number of aryl methyl sites for hydroxylation is 2. The van der Waals surface area contributed by atoms with Crippen LogP contribution in [0.2, 0.25) is 5.02 Å². The van der Waals surface area contributed by atoms with E-state index in [-0.39, 0.29) is 28.6 Å². The fraction of sp³-hybridized carbons (Fsp3) is 0.526. The molecule has 0 spiro atoms. The Balaban J connectivity index is 1.87. The van der Waals surface area contributed by atoms with Gasteiger partial charge in [0.25, 0.3) is 11.8 Å². The van der Waals surface area contributed by atoms with Gasteiger partial charge in [0.2, 0.25) is 0 Å². The highest BCUT2D eigenvalue weighted by Gasteiger charge is 2.26. The van der Waals surface area contributed by atoms with Gasteiger partial charge in [-0.2, -0.15) is 5.10 Å². The summed E-state index contributed by atoms with van der Waals surface area (Å²) < 4.78 is 1.43. The number of hydrogen-bond acceptors (Lipinski definition) is 4.